The lowest BCUT2D eigenvalue weighted by Crippen LogP contribution is -2.46. The molecule has 1 aliphatic carbocycles. The highest BCUT2D eigenvalue weighted by molar-refractivity contribution is 6.10. The van der Waals surface area contributed by atoms with E-state index in [9.17, 15) is 14.4 Å². The molecule has 2 aliphatic rings. The van der Waals surface area contributed by atoms with Gasteiger partial charge in [0.25, 0.3) is 0 Å². The van der Waals surface area contributed by atoms with E-state index in [1.54, 1.807) is 24.3 Å². The molecular formula is C21H27NO3. The quantitative estimate of drug-likeness (QED) is 0.620. The van der Waals surface area contributed by atoms with Crippen molar-refractivity contribution in [1.29, 1.82) is 0 Å². The fourth-order valence-corrected chi connectivity index (χ4v) is 4.88. The van der Waals surface area contributed by atoms with E-state index in [4.69, 9.17) is 0 Å². The second-order valence-corrected chi connectivity index (χ2v) is 8.14. The summed E-state index contributed by atoms with van der Waals surface area (Å²) in [6.45, 7) is 6.30. The van der Waals surface area contributed by atoms with Crippen LogP contribution in [-0.2, 0) is 9.59 Å². The molecule has 0 aromatic heterocycles. The summed E-state index contributed by atoms with van der Waals surface area (Å²) < 4.78 is 0. The number of rotatable bonds is 4. The molecule has 0 bridgehead atoms. The Kier molecular flexibility index (Phi) is 4.81. The zero-order chi connectivity index (χ0) is 18.2. The molecule has 134 valence electrons. The molecule has 25 heavy (non-hydrogen) atoms. The number of nitrogens with zero attached hydrogens (tertiary/aromatic N) is 1. The average Bonchev–Trinajstić information content (AvgIpc) is 2.79. The van der Waals surface area contributed by atoms with Crippen molar-refractivity contribution < 1.29 is 14.4 Å². The number of ketones is 1. The summed E-state index contributed by atoms with van der Waals surface area (Å²) in [5.41, 5.74) is -0.0543. The highest BCUT2D eigenvalue weighted by Crippen LogP contribution is 2.53. The third-order valence-corrected chi connectivity index (χ3v) is 6.03. The van der Waals surface area contributed by atoms with Gasteiger partial charge in [-0.25, -0.2) is 0 Å². The Morgan fingerprint density at radius 1 is 1.20 bits per heavy atom. The number of carbonyl (C=O) groups is 3. The Bertz CT molecular complexity index is 682. The first kappa shape index (κ1) is 17.8. The van der Waals surface area contributed by atoms with Gasteiger partial charge in [-0.05, 0) is 30.6 Å². The first-order valence-corrected chi connectivity index (χ1v) is 9.28. The number of amides is 2. The van der Waals surface area contributed by atoms with E-state index in [1.165, 1.54) is 4.90 Å². The van der Waals surface area contributed by atoms with Crippen LogP contribution >= 0.6 is 0 Å². The van der Waals surface area contributed by atoms with Gasteiger partial charge in [0.05, 0.1) is 12.0 Å². The van der Waals surface area contributed by atoms with Gasteiger partial charge in [-0.2, -0.15) is 0 Å². The van der Waals surface area contributed by atoms with Crippen molar-refractivity contribution in [2.45, 2.75) is 46.5 Å². The molecule has 1 heterocycles. The fraction of sp³-hybridized carbons (Fsp3) is 0.571. The van der Waals surface area contributed by atoms with Gasteiger partial charge >= 0.3 is 0 Å². The van der Waals surface area contributed by atoms with Gasteiger partial charge < -0.3 is 0 Å². The third-order valence-electron chi connectivity index (χ3n) is 6.03. The number of carbonyl (C=O) groups excluding carboxylic acids is 3. The van der Waals surface area contributed by atoms with Crippen LogP contribution in [0.2, 0.25) is 0 Å². The average molecular weight is 341 g/mol. The van der Waals surface area contributed by atoms with Crippen LogP contribution in [0.15, 0.2) is 30.3 Å². The van der Waals surface area contributed by atoms with Crippen LogP contribution in [0.25, 0.3) is 0 Å². The number of likely N-dealkylation sites (tertiary alicyclic amines) is 1. The van der Waals surface area contributed by atoms with Crippen molar-refractivity contribution in [3.63, 3.8) is 0 Å². The molecule has 2 amide bonds. The maximum atomic E-state index is 13.3. The summed E-state index contributed by atoms with van der Waals surface area (Å²) in [5, 5.41) is 0. The minimum Gasteiger partial charge on any atom is -0.292 e. The Morgan fingerprint density at radius 2 is 1.88 bits per heavy atom. The SMILES string of the molecule is CC(C)[C@@H]1CC[C@@H](C)C[C@]12CC(=O)N(CC(=O)c1ccccc1)C2=O. The van der Waals surface area contributed by atoms with Crippen molar-refractivity contribution in [2.75, 3.05) is 6.54 Å². The molecule has 0 radical (unpaired) electrons. The van der Waals surface area contributed by atoms with Crippen LogP contribution in [0.1, 0.15) is 56.8 Å². The smallest absolute Gasteiger partial charge is 0.236 e. The predicted molar refractivity (Wildman–Crippen MR) is 95.9 cm³/mol. The van der Waals surface area contributed by atoms with Gasteiger partial charge in [-0.15, -0.1) is 0 Å². The second kappa shape index (κ2) is 6.74. The van der Waals surface area contributed by atoms with Gasteiger partial charge in [-0.1, -0.05) is 57.5 Å². The second-order valence-electron chi connectivity index (χ2n) is 8.14. The monoisotopic (exact) mass is 341 g/mol. The zero-order valence-electron chi connectivity index (χ0n) is 15.3. The first-order valence-electron chi connectivity index (χ1n) is 9.28. The van der Waals surface area contributed by atoms with Gasteiger partial charge in [0.2, 0.25) is 11.8 Å². The Labute approximate surface area is 149 Å². The molecule has 1 saturated carbocycles. The molecule has 3 rings (SSSR count). The van der Waals surface area contributed by atoms with Crippen LogP contribution in [0.3, 0.4) is 0 Å². The molecule has 1 spiro atoms. The number of hydrogen-bond donors (Lipinski definition) is 0. The first-order chi connectivity index (χ1) is 11.8. The maximum absolute atomic E-state index is 13.3. The van der Waals surface area contributed by atoms with E-state index in [-0.39, 0.29) is 36.5 Å². The number of hydrogen-bond acceptors (Lipinski definition) is 3. The maximum Gasteiger partial charge on any atom is 0.236 e. The molecule has 1 aromatic rings. The van der Waals surface area contributed by atoms with Gasteiger partial charge in [0.15, 0.2) is 5.78 Å². The molecule has 3 atom stereocenters. The Hall–Kier alpha value is -1.97. The standard InChI is InChI=1S/C21H27NO3/c1-14(2)17-10-9-15(3)11-21(17)12-19(24)22(20(21)25)13-18(23)16-7-5-4-6-8-16/h4-8,14-15,17H,9-13H2,1-3H3/t15-,17+,21+/m1/s1. The predicted octanol–water partition coefficient (Wildman–Crippen LogP) is 3.71. The molecule has 0 unspecified atom stereocenters. The van der Waals surface area contributed by atoms with Gasteiger partial charge in [0, 0.05) is 12.0 Å². The van der Waals surface area contributed by atoms with E-state index < -0.39 is 5.41 Å². The number of imide groups is 1. The van der Waals surface area contributed by atoms with Gasteiger partial charge in [0.1, 0.15) is 0 Å². The molecule has 2 fully saturated rings. The van der Waals surface area contributed by atoms with Gasteiger partial charge in [-0.3, -0.25) is 19.3 Å². The van der Waals surface area contributed by atoms with Crippen LogP contribution in [0, 0.1) is 23.2 Å². The van der Waals surface area contributed by atoms with Crippen molar-refractivity contribution in [3.8, 4) is 0 Å². The summed E-state index contributed by atoms with van der Waals surface area (Å²) in [6, 6.07) is 8.87. The largest absolute Gasteiger partial charge is 0.292 e. The normalized spacial score (nSPS) is 29.7. The van der Waals surface area contributed by atoms with E-state index in [0.717, 1.165) is 19.3 Å². The number of Topliss-reactive ketones (excluding diaryl/α,β-unsaturated/α-hetero) is 1. The lowest BCUT2D eigenvalue weighted by molar-refractivity contribution is -0.145. The summed E-state index contributed by atoms with van der Waals surface area (Å²) in [7, 11) is 0. The molecule has 4 heteroatoms. The Balaban J connectivity index is 1.85. The molecule has 0 N–H and O–H groups in total. The number of benzene rings is 1. The van der Waals surface area contributed by atoms with Crippen molar-refractivity contribution in [1.82, 2.24) is 4.90 Å². The lowest BCUT2D eigenvalue weighted by Gasteiger charge is -2.44. The van der Waals surface area contributed by atoms with Crippen molar-refractivity contribution >= 4 is 17.6 Å². The zero-order valence-corrected chi connectivity index (χ0v) is 15.3. The molecule has 1 aliphatic heterocycles. The summed E-state index contributed by atoms with van der Waals surface area (Å²) >= 11 is 0. The van der Waals surface area contributed by atoms with E-state index >= 15 is 0 Å². The minimum absolute atomic E-state index is 0.118. The van der Waals surface area contributed by atoms with Crippen LogP contribution < -0.4 is 0 Å². The fourth-order valence-electron chi connectivity index (χ4n) is 4.88. The molecule has 1 aromatic carbocycles. The topological polar surface area (TPSA) is 54.5 Å². The lowest BCUT2D eigenvalue weighted by atomic mass is 9.59. The van der Waals surface area contributed by atoms with Crippen LogP contribution in [0.4, 0.5) is 0 Å². The highest BCUT2D eigenvalue weighted by atomic mass is 16.2. The summed E-state index contributed by atoms with van der Waals surface area (Å²) in [5.74, 6) is 0.535. The van der Waals surface area contributed by atoms with Crippen LogP contribution in [-0.4, -0.2) is 29.0 Å². The minimum atomic E-state index is -0.597. The summed E-state index contributed by atoms with van der Waals surface area (Å²) in [6.07, 6.45) is 3.12. The van der Waals surface area contributed by atoms with E-state index in [0.29, 0.717) is 17.4 Å². The molecule has 1 saturated heterocycles. The highest BCUT2D eigenvalue weighted by Gasteiger charge is 2.58. The summed E-state index contributed by atoms with van der Waals surface area (Å²) in [4.78, 5) is 39.6. The molecule has 4 nitrogen and oxygen atoms in total. The van der Waals surface area contributed by atoms with E-state index in [1.807, 2.05) is 6.07 Å². The third kappa shape index (κ3) is 3.14. The molecular weight excluding hydrogens is 314 g/mol. The van der Waals surface area contributed by atoms with E-state index in [2.05, 4.69) is 20.8 Å². The van der Waals surface area contributed by atoms with Crippen molar-refractivity contribution in [2.24, 2.45) is 23.2 Å². The Morgan fingerprint density at radius 3 is 2.52 bits per heavy atom. The van der Waals surface area contributed by atoms with Crippen molar-refractivity contribution in [3.05, 3.63) is 35.9 Å². The van der Waals surface area contributed by atoms with Crippen LogP contribution in [0.5, 0.6) is 0 Å².